The maximum absolute atomic E-state index is 6.16. The quantitative estimate of drug-likeness (QED) is 0.842. The first kappa shape index (κ1) is 16.6. The van der Waals surface area contributed by atoms with Crippen LogP contribution in [0.5, 0.6) is 11.5 Å². The number of benzene rings is 1. The summed E-state index contributed by atoms with van der Waals surface area (Å²) in [6.07, 6.45) is 1.84. The standard InChI is InChI=1S/C17H21ClN2O2/c1-12(2)22-17-13(8-14(18)9-16(17)21-3)10-19-11-15-6-4-5-7-20-15/h4-9,12,19H,10-11H2,1-3H3. The Balaban J connectivity index is 2.12. The van der Waals surface area contributed by atoms with E-state index in [2.05, 4.69) is 10.3 Å². The van der Waals surface area contributed by atoms with Crippen molar-refractivity contribution in [1.82, 2.24) is 10.3 Å². The number of hydrogen-bond donors (Lipinski definition) is 1. The van der Waals surface area contributed by atoms with Crippen molar-refractivity contribution in [1.29, 1.82) is 0 Å². The molecule has 0 aliphatic carbocycles. The van der Waals surface area contributed by atoms with Crippen LogP contribution in [0.3, 0.4) is 0 Å². The zero-order valence-electron chi connectivity index (χ0n) is 13.1. The molecule has 0 atom stereocenters. The highest BCUT2D eigenvalue weighted by molar-refractivity contribution is 6.30. The molecule has 0 fully saturated rings. The summed E-state index contributed by atoms with van der Waals surface area (Å²) in [6, 6.07) is 9.52. The maximum Gasteiger partial charge on any atom is 0.166 e. The lowest BCUT2D eigenvalue weighted by Gasteiger charge is -2.18. The predicted octanol–water partition coefficient (Wildman–Crippen LogP) is 3.82. The molecule has 0 saturated heterocycles. The van der Waals surface area contributed by atoms with E-state index in [1.165, 1.54) is 0 Å². The van der Waals surface area contributed by atoms with Crippen LogP contribution in [0, 0.1) is 0 Å². The van der Waals surface area contributed by atoms with Crippen LogP contribution in [0.2, 0.25) is 5.02 Å². The average molecular weight is 321 g/mol. The fourth-order valence-corrected chi connectivity index (χ4v) is 2.33. The first-order valence-corrected chi connectivity index (χ1v) is 7.61. The van der Waals surface area contributed by atoms with Gasteiger partial charge in [0.1, 0.15) is 0 Å². The Bertz CT molecular complexity index is 603. The molecule has 0 aliphatic rings. The smallest absolute Gasteiger partial charge is 0.166 e. The van der Waals surface area contributed by atoms with Gasteiger partial charge in [0.15, 0.2) is 11.5 Å². The minimum atomic E-state index is 0.0598. The molecule has 0 aliphatic heterocycles. The first-order valence-electron chi connectivity index (χ1n) is 7.24. The van der Waals surface area contributed by atoms with Crippen LogP contribution in [-0.4, -0.2) is 18.2 Å². The van der Waals surface area contributed by atoms with Gasteiger partial charge in [-0.15, -0.1) is 0 Å². The summed E-state index contributed by atoms with van der Waals surface area (Å²) in [5.41, 5.74) is 1.96. The monoisotopic (exact) mass is 320 g/mol. The normalized spacial score (nSPS) is 10.8. The lowest BCUT2D eigenvalue weighted by atomic mass is 10.1. The Morgan fingerprint density at radius 2 is 2.05 bits per heavy atom. The number of rotatable bonds is 7. The van der Waals surface area contributed by atoms with Crippen LogP contribution in [0.25, 0.3) is 0 Å². The molecule has 1 aromatic heterocycles. The number of hydrogen-bond acceptors (Lipinski definition) is 4. The maximum atomic E-state index is 6.16. The molecule has 0 amide bonds. The first-order chi connectivity index (χ1) is 10.6. The zero-order valence-corrected chi connectivity index (χ0v) is 13.9. The van der Waals surface area contributed by atoms with Gasteiger partial charge in [-0.25, -0.2) is 0 Å². The summed E-state index contributed by atoms with van der Waals surface area (Å²) in [4.78, 5) is 4.29. The summed E-state index contributed by atoms with van der Waals surface area (Å²) in [5.74, 6) is 1.38. The fraction of sp³-hybridized carbons (Fsp3) is 0.353. The third-order valence-corrected chi connectivity index (χ3v) is 3.24. The van der Waals surface area contributed by atoms with Gasteiger partial charge in [0.2, 0.25) is 0 Å². The molecule has 0 radical (unpaired) electrons. The lowest BCUT2D eigenvalue weighted by Crippen LogP contribution is -2.16. The molecule has 5 heteroatoms. The van der Waals surface area contributed by atoms with E-state index in [0.717, 1.165) is 17.0 Å². The molecular formula is C17H21ClN2O2. The van der Waals surface area contributed by atoms with Crippen molar-refractivity contribution >= 4 is 11.6 Å². The summed E-state index contributed by atoms with van der Waals surface area (Å²) >= 11 is 6.16. The average Bonchev–Trinajstić information content (AvgIpc) is 2.50. The SMILES string of the molecule is COc1cc(Cl)cc(CNCc2ccccn2)c1OC(C)C. The molecule has 0 spiro atoms. The number of aromatic nitrogens is 1. The topological polar surface area (TPSA) is 43.4 Å². The number of pyridine rings is 1. The minimum Gasteiger partial charge on any atom is -0.493 e. The number of nitrogens with one attached hydrogen (secondary N) is 1. The van der Waals surface area contributed by atoms with Crippen molar-refractivity contribution in [3.05, 3.63) is 52.8 Å². The molecule has 1 heterocycles. The van der Waals surface area contributed by atoms with E-state index in [1.807, 2.05) is 38.1 Å². The van der Waals surface area contributed by atoms with Gasteiger partial charge in [0.05, 0.1) is 18.9 Å². The zero-order chi connectivity index (χ0) is 15.9. The van der Waals surface area contributed by atoms with Crippen molar-refractivity contribution in [3.63, 3.8) is 0 Å². The van der Waals surface area contributed by atoms with E-state index in [1.54, 1.807) is 19.4 Å². The predicted molar refractivity (Wildman–Crippen MR) is 88.5 cm³/mol. The molecule has 118 valence electrons. The van der Waals surface area contributed by atoms with Crippen LogP contribution in [0.4, 0.5) is 0 Å². The largest absolute Gasteiger partial charge is 0.493 e. The molecule has 2 aromatic rings. The Morgan fingerprint density at radius 3 is 2.68 bits per heavy atom. The summed E-state index contributed by atoms with van der Waals surface area (Å²) in [7, 11) is 1.62. The van der Waals surface area contributed by atoms with E-state index >= 15 is 0 Å². The number of ether oxygens (including phenoxy) is 2. The van der Waals surface area contributed by atoms with Gasteiger partial charge < -0.3 is 14.8 Å². The highest BCUT2D eigenvalue weighted by Gasteiger charge is 2.14. The van der Waals surface area contributed by atoms with E-state index in [4.69, 9.17) is 21.1 Å². The summed E-state index contributed by atoms with van der Waals surface area (Å²) in [6.45, 7) is 5.27. The van der Waals surface area contributed by atoms with Gasteiger partial charge in [-0.2, -0.15) is 0 Å². The molecule has 1 N–H and O–H groups in total. The second-order valence-corrected chi connectivity index (χ2v) is 5.62. The van der Waals surface area contributed by atoms with Gasteiger partial charge >= 0.3 is 0 Å². The molecule has 22 heavy (non-hydrogen) atoms. The second kappa shape index (κ2) is 8.01. The van der Waals surface area contributed by atoms with E-state index in [9.17, 15) is 0 Å². The number of nitrogens with zero attached hydrogens (tertiary/aromatic N) is 1. The highest BCUT2D eigenvalue weighted by Crippen LogP contribution is 2.35. The van der Waals surface area contributed by atoms with Crippen molar-refractivity contribution in [2.24, 2.45) is 0 Å². The fourth-order valence-electron chi connectivity index (χ4n) is 2.10. The van der Waals surface area contributed by atoms with Crippen molar-refractivity contribution in [2.45, 2.75) is 33.0 Å². The van der Waals surface area contributed by atoms with Gasteiger partial charge in [0.25, 0.3) is 0 Å². The van der Waals surface area contributed by atoms with E-state index in [0.29, 0.717) is 23.9 Å². The number of methoxy groups -OCH3 is 1. The van der Waals surface area contributed by atoms with Crippen molar-refractivity contribution in [3.8, 4) is 11.5 Å². The van der Waals surface area contributed by atoms with E-state index in [-0.39, 0.29) is 6.10 Å². The third-order valence-electron chi connectivity index (χ3n) is 3.02. The van der Waals surface area contributed by atoms with Crippen molar-refractivity contribution < 1.29 is 9.47 Å². The third kappa shape index (κ3) is 4.61. The Morgan fingerprint density at radius 1 is 1.23 bits per heavy atom. The molecule has 2 rings (SSSR count). The van der Waals surface area contributed by atoms with Crippen LogP contribution >= 0.6 is 11.6 Å². The molecule has 0 unspecified atom stereocenters. The Kier molecular flexibility index (Phi) is 6.04. The number of halogens is 1. The van der Waals surface area contributed by atoms with Crippen molar-refractivity contribution in [2.75, 3.05) is 7.11 Å². The molecule has 1 aromatic carbocycles. The van der Waals surface area contributed by atoms with Crippen LogP contribution in [-0.2, 0) is 13.1 Å². The Hall–Kier alpha value is -1.78. The molecule has 0 bridgehead atoms. The molecule has 0 saturated carbocycles. The van der Waals surface area contributed by atoms with E-state index < -0.39 is 0 Å². The van der Waals surface area contributed by atoms with Gasteiger partial charge in [-0.1, -0.05) is 17.7 Å². The Labute approximate surface area is 136 Å². The minimum absolute atomic E-state index is 0.0598. The van der Waals surface area contributed by atoms with Crippen LogP contribution in [0.15, 0.2) is 36.5 Å². The van der Waals surface area contributed by atoms with Crippen LogP contribution in [0.1, 0.15) is 25.1 Å². The summed E-state index contributed by atoms with van der Waals surface area (Å²) < 4.78 is 11.3. The van der Waals surface area contributed by atoms with Gasteiger partial charge in [-0.3, -0.25) is 4.98 Å². The second-order valence-electron chi connectivity index (χ2n) is 5.19. The summed E-state index contributed by atoms with van der Waals surface area (Å²) in [5, 5.41) is 3.98. The van der Waals surface area contributed by atoms with Gasteiger partial charge in [-0.05, 0) is 32.0 Å². The lowest BCUT2D eigenvalue weighted by molar-refractivity contribution is 0.227. The van der Waals surface area contributed by atoms with Crippen LogP contribution < -0.4 is 14.8 Å². The van der Waals surface area contributed by atoms with Gasteiger partial charge in [0, 0.05) is 35.9 Å². The molecule has 4 nitrogen and oxygen atoms in total. The highest BCUT2D eigenvalue weighted by atomic mass is 35.5. The molecular weight excluding hydrogens is 300 g/mol.